The van der Waals surface area contributed by atoms with Crippen LogP contribution in [0.1, 0.15) is 44.4 Å². The van der Waals surface area contributed by atoms with Crippen LogP contribution in [0.15, 0.2) is 91.0 Å². The first-order chi connectivity index (χ1) is 23.9. The molecule has 0 aliphatic carbocycles. The van der Waals surface area contributed by atoms with Crippen LogP contribution < -0.4 is 5.32 Å². The van der Waals surface area contributed by atoms with E-state index >= 15 is 0 Å². The molecule has 6 atom stereocenters. The Bertz CT molecular complexity index is 1500. The minimum Gasteiger partial charge on any atom is -0.467 e. The fourth-order valence-corrected chi connectivity index (χ4v) is 5.33. The molecule has 1 fully saturated rings. The van der Waals surface area contributed by atoms with Gasteiger partial charge in [0.2, 0.25) is 6.29 Å². The molecule has 0 radical (unpaired) electrons. The number of benzene rings is 3. The SMILES string of the molecule is COC(=O)[C@](C)(CO[C@H]1O[C@H](COCc2ccccc2)[C@H](OCc2ccccc2)[C@H](OCc2ccccc2)[C@H]1[N+](=O)[O-])NC(=O)OC(C)(C)C. The number of nitro groups is 1. The Hall–Kier alpha value is -4.40. The lowest BCUT2D eigenvalue weighted by Crippen LogP contribution is -2.65. The molecule has 4 rings (SSSR count). The molecule has 1 aliphatic rings. The van der Waals surface area contributed by atoms with E-state index in [2.05, 4.69) is 5.32 Å². The zero-order valence-electron chi connectivity index (χ0n) is 29.0. The van der Waals surface area contributed by atoms with Gasteiger partial charge in [0.1, 0.15) is 17.8 Å². The summed E-state index contributed by atoms with van der Waals surface area (Å²) in [6.07, 6.45) is -5.54. The second kappa shape index (κ2) is 18.0. The average Bonchev–Trinajstić information content (AvgIpc) is 3.09. The zero-order valence-corrected chi connectivity index (χ0v) is 29.0. The first kappa shape index (κ1) is 38.4. The molecule has 1 saturated heterocycles. The van der Waals surface area contributed by atoms with Gasteiger partial charge in [-0.25, -0.2) is 9.59 Å². The summed E-state index contributed by atoms with van der Waals surface area (Å²) in [5.74, 6) is -0.861. The van der Waals surface area contributed by atoms with Crippen LogP contribution in [0, 0.1) is 10.1 Å². The Morgan fingerprint density at radius 2 is 1.28 bits per heavy atom. The van der Waals surface area contributed by atoms with Crippen molar-refractivity contribution in [3.8, 4) is 0 Å². The maximum absolute atomic E-state index is 12.9. The van der Waals surface area contributed by atoms with Gasteiger partial charge in [-0.15, -0.1) is 0 Å². The molecule has 270 valence electrons. The van der Waals surface area contributed by atoms with Crippen LogP contribution in [-0.2, 0) is 57.8 Å². The Kier molecular flexibility index (Phi) is 13.8. The number of esters is 1. The largest absolute Gasteiger partial charge is 0.467 e. The van der Waals surface area contributed by atoms with E-state index in [-0.39, 0.29) is 26.4 Å². The molecule has 13 heteroatoms. The van der Waals surface area contributed by atoms with Gasteiger partial charge in [0, 0.05) is 4.92 Å². The van der Waals surface area contributed by atoms with Crippen molar-refractivity contribution in [3.05, 3.63) is 118 Å². The highest BCUT2D eigenvalue weighted by Gasteiger charge is 2.55. The minimum atomic E-state index is -1.80. The number of hydrogen-bond acceptors (Lipinski definition) is 11. The molecule has 1 aliphatic heterocycles. The summed E-state index contributed by atoms with van der Waals surface area (Å²) in [6, 6.07) is 26.5. The molecule has 0 bridgehead atoms. The molecule has 0 saturated carbocycles. The van der Waals surface area contributed by atoms with Crippen molar-refractivity contribution in [2.75, 3.05) is 20.3 Å². The molecule has 50 heavy (non-hydrogen) atoms. The van der Waals surface area contributed by atoms with Crippen LogP contribution in [0.2, 0.25) is 0 Å². The number of hydrogen-bond donors (Lipinski definition) is 1. The second-order valence-electron chi connectivity index (χ2n) is 13.1. The zero-order chi connectivity index (χ0) is 36.1. The fraction of sp³-hybridized carbons (Fsp3) is 0.459. The highest BCUT2D eigenvalue weighted by Crippen LogP contribution is 2.31. The number of nitrogens with one attached hydrogen (secondary N) is 1. The van der Waals surface area contributed by atoms with Crippen molar-refractivity contribution >= 4 is 12.1 Å². The molecule has 3 aromatic rings. The predicted octanol–water partition coefficient (Wildman–Crippen LogP) is 5.22. The standard InChI is InChI=1S/C37H46N2O11/c1-36(2,3)50-35(41)38-37(4,34(40)44-5)25-48-33-30(39(42)43)32(47-23-28-19-13-8-14-20-28)31(46-22-27-17-11-7-12-18-27)29(49-33)24-45-21-26-15-9-6-10-16-26/h6-20,29-33H,21-25H2,1-5H3,(H,38,41)/t29-,30-,31+,32-,33+,37+/m1/s1. The number of alkyl carbamates (subject to hydrolysis) is 1. The van der Waals surface area contributed by atoms with Crippen LogP contribution in [0.5, 0.6) is 0 Å². The summed E-state index contributed by atoms with van der Waals surface area (Å²) in [4.78, 5) is 38.0. The number of carbonyl (C=O) groups is 2. The normalized spacial score (nSPS) is 21.8. The molecule has 1 amide bonds. The smallest absolute Gasteiger partial charge is 0.408 e. The Morgan fingerprint density at radius 3 is 1.76 bits per heavy atom. The van der Waals surface area contributed by atoms with E-state index in [9.17, 15) is 19.7 Å². The third kappa shape index (κ3) is 11.3. The highest BCUT2D eigenvalue weighted by atomic mass is 16.7. The van der Waals surface area contributed by atoms with Gasteiger partial charge in [0.15, 0.2) is 11.6 Å². The molecule has 1 heterocycles. The number of nitrogens with zero attached hydrogens (tertiary/aromatic N) is 1. The lowest BCUT2D eigenvalue weighted by molar-refractivity contribution is -0.577. The lowest BCUT2D eigenvalue weighted by Gasteiger charge is -2.43. The van der Waals surface area contributed by atoms with Crippen molar-refractivity contribution in [1.82, 2.24) is 5.32 Å². The van der Waals surface area contributed by atoms with E-state index in [0.29, 0.717) is 0 Å². The third-order valence-corrected chi connectivity index (χ3v) is 7.77. The molecule has 0 aromatic heterocycles. The number of methoxy groups -OCH3 is 1. The van der Waals surface area contributed by atoms with Gasteiger partial charge >= 0.3 is 12.1 Å². The second-order valence-corrected chi connectivity index (χ2v) is 13.1. The molecule has 3 aromatic carbocycles. The van der Waals surface area contributed by atoms with E-state index in [1.165, 1.54) is 6.92 Å². The lowest BCUT2D eigenvalue weighted by atomic mass is 9.96. The Balaban J connectivity index is 1.65. The van der Waals surface area contributed by atoms with E-state index < -0.39 is 65.4 Å². The van der Waals surface area contributed by atoms with Crippen LogP contribution in [-0.4, -0.2) is 79.1 Å². The van der Waals surface area contributed by atoms with Gasteiger partial charge in [-0.1, -0.05) is 91.0 Å². The Morgan fingerprint density at radius 1 is 0.780 bits per heavy atom. The van der Waals surface area contributed by atoms with E-state index in [4.69, 9.17) is 33.2 Å². The quantitative estimate of drug-likeness (QED) is 0.119. The minimum absolute atomic E-state index is 0.0332. The molecule has 13 nitrogen and oxygen atoms in total. The maximum Gasteiger partial charge on any atom is 0.408 e. The molecular weight excluding hydrogens is 648 g/mol. The van der Waals surface area contributed by atoms with Gasteiger partial charge in [-0.2, -0.15) is 0 Å². The summed E-state index contributed by atoms with van der Waals surface area (Å²) in [7, 11) is 1.15. The van der Waals surface area contributed by atoms with Crippen molar-refractivity contribution in [2.24, 2.45) is 0 Å². The number of rotatable bonds is 16. The van der Waals surface area contributed by atoms with Crippen molar-refractivity contribution in [3.63, 3.8) is 0 Å². The first-order valence-electron chi connectivity index (χ1n) is 16.3. The summed E-state index contributed by atoms with van der Waals surface area (Å²) in [5.41, 5.74) is -0.119. The first-order valence-corrected chi connectivity index (χ1v) is 16.3. The predicted molar refractivity (Wildman–Crippen MR) is 181 cm³/mol. The van der Waals surface area contributed by atoms with E-state index in [0.717, 1.165) is 23.8 Å². The topological polar surface area (TPSA) is 154 Å². The van der Waals surface area contributed by atoms with Gasteiger partial charge in [0.25, 0.3) is 6.04 Å². The van der Waals surface area contributed by atoms with Gasteiger partial charge < -0.3 is 38.5 Å². The van der Waals surface area contributed by atoms with Gasteiger partial charge in [-0.3, -0.25) is 10.1 Å². The van der Waals surface area contributed by atoms with Crippen LogP contribution >= 0.6 is 0 Å². The van der Waals surface area contributed by atoms with Crippen molar-refractivity contribution in [2.45, 2.75) is 89.3 Å². The monoisotopic (exact) mass is 694 g/mol. The van der Waals surface area contributed by atoms with Gasteiger partial charge in [0.05, 0.1) is 40.1 Å². The summed E-state index contributed by atoms with van der Waals surface area (Å²) in [5, 5.41) is 15.3. The van der Waals surface area contributed by atoms with Crippen molar-refractivity contribution in [1.29, 1.82) is 0 Å². The molecule has 0 spiro atoms. The van der Waals surface area contributed by atoms with E-state index in [1.807, 2.05) is 91.0 Å². The molecular formula is C37H46N2O11. The third-order valence-electron chi connectivity index (χ3n) is 7.77. The molecule has 1 N–H and O–H groups in total. The van der Waals surface area contributed by atoms with Crippen molar-refractivity contribution < 1.29 is 47.7 Å². The van der Waals surface area contributed by atoms with Crippen LogP contribution in [0.25, 0.3) is 0 Å². The average molecular weight is 695 g/mol. The van der Waals surface area contributed by atoms with Crippen LogP contribution in [0.4, 0.5) is 4.79 Å². The van der Waals surface area contributed by atoms with E-state index in [1.54, 1.807) is 20.8 Å². The number of carbonyl (C=O) groups excluding carboxylic acids is 2. The summed E-state index contributed by atoms with van der Waals surface area (Å²) >= 11 is 0. The highest BCUT2D eigenvalue weighted by molar-refractivity contribution is 5.85. The van der Waals surface area contributed by atoms with Gasteiger partial charge in [-0.05, 0) is 44.4 Å². The number of amides is 1. The Labute approximate surface area is 292 Å². The maximum atomic E-state index is 12.9. The molecule has 0 unspecified atom stereocenters. The summed E-state index contributed by atoms with van der Waals surface area (Å²) < 4.78 is 41.4. The fourth-order valence-electron chi connectivity index (χ4n) is 5.33. The number of ether oxygens (including phenoxy) is 7. The summed E-state index contributed by atoms with van der Waals surface area (Å²) in [6.45, 7) is 6.16. The van der Waals surface area contributed by atoms with Crippen LogP contribution in [0.3, 0.4) is 0 Å².